The molecule has 3 nitrogen and oxygen atoms in total. The predicted molar refractivity (Wildman–Crippen MR) is 102 cm³/mol. The fourth-order valence-corrected chi connectivity index (χ4v) is 3.34. The number of carbonyl (C=O) groups excluding carboxylic acids is 1. The first-order valence-electron chi connectivity index (χ1n) is 9.29. The Morgan fingerprint density at radius 2 is 1.72 bits per heavy atom. The molecule has 1 N–H and O–H groups in total. The molecular formula is C22H28N2O. The van der Waals surface area contributed by atoms with Crippen molar-refractivity contribution < 1.29 is 4.79 Å². The van der Waals surface area contributed by atoms with Crippen LogP contribution < -0.4 is 5.32 Å². The van der Waals surface area contributed by atoms with Gasteiger partial charge in [0.25, 0.3) is 5.91 Å². The van der Waals surface area contributed by atoms with Crippen molar-refractivity contribution >= 4 is 5.91 Å². The van der Waals surface area contributed by atoms with Crippen LogP contribution in [0.5, 0.6) is 0 Å². The maximum Gasteiger partial charge on any atom is 0.251 e. The van der Waals surface area contributed by atoms with E-state index in [-0.39, 0.29) is 11.9 Å². The molecule has 0 aliphatic carbocycles. The Hall–Kier alpha value is -2.13. The Morgan fingerprint density at radius 3 is 2.36 bits per heavy atom. The Kier molecular flexibility index (Phi) is 5.87. The van der Waals surface area contributed by atoms with Gasteiger partial charge in [0, 0.05) is 12.1 Å². The summed E-state index contributed by atoms with van der Waals surface area (Å²) in [6.07, 6.45) is 2.58. The number of piperidine rings is 1. The monoisotopic (exact) mass is 336 g/mol. The molecule has 3 rings (SSSR count). The van der Waals surface area contributed by atoms with E-state index in [0.29, 0.717) is 0 Å². The number of likely N-dealkylation sites (tertiary alicyclic amines) is 1. The van der Waals surface area contributed by atoms with Gasteiger partial charge in [-0.05, 0) is 62.0 Å². The third-order valence-electron chi connectivity index (χ3n) is 5.15. The molecule has 2 aromatic carbocycles. The van der Waals surface area contributed by atoms with E-state index in [1.807, 2.05) is 49.4 Å². The summed E-state index contributed by atoms with van der Waals surface area (Å²) in [5.41, 5.74) is 3.12. The Balaban J connectivity index is 1.55. The van der Waals surface area contributed by atoms with Crippen LogP contribution in [0.4, 0.5) is 0 Å². The molecule has 0 radical (unpaired) electrons. The number of rotatable bonds is 5. The molecule has 1 fully saturated rings. The molecule has 0 saturated carbocycles. The van der Waals surface area contributed by atoms with E-state index in [1.165, 1.54) is 31.5 Å². The number of amides is 1. The molecule has 0 bridgehead atoms. The summed E-state index contributed by atoms with van der Waals surface area (Å²) in [7, 11) is 0. The fraction of sp³-hybridized carbons (Fsp3) is 0.409. The molecule has 0 spiro atoms. The Labute approximate surface area is 151 Å². The lowest BCUT2D eigenvalue weighted by Gasteiger charge is -2.30. The van der Waals surface area contributed by atoms with E-state index in [9.17, 15) is 4.79 Å². The Morgan fingerprint density at radius 1 is 1.08 bits per heavy atom. The quantitative estimate of drug-likeness (QED) is 0.877. The van der Waals surface area contributed by atoms with Gasteiger partial charge in [-0.2, -0.15) is 0 Å². The van der Waals surface area contributed by atoms with E-state index in [4.69, 9.17) is 0 Å². The molecule has 0 unspecified atom stereocenters. The number of nitrogens with one attached hydrogen (secondary N) is 1. The number of hydrogen-bond donors (Lipinski definition) is 1. The minimum absolute atomic E-state index is 0.00344. The largest absolute Gasteiger partial charge is 0.346 e. The van der Waals surface area contributed by atoms with Gasteiger partial charge in [-0.25, -0.2) is 0 Å². The van der Waals surface area contributed by atoms with Crippen LogP contribution in [0.1, 0.15) is 54.2 Å². The van der Waals surface area contributed by atoms with Crippen molar-refractivity contribution in [3.05, 3.63) is 71.3 Å². The predicted octanol–water partition coefficient (Wildman–Crippen LogP) is 4.41. The van der Waals surface area contributed by atoms with E-state index in [1.54, 1.807) is 0 Å². The fourth-order valence-electron chi connectivity index (χ4n) is 3.34. The van der Waals surface area contributed by atoms with Crippen LogP contribution in [-0.4, -0.2) is 23.9 Å². The summed E-state index contributed by atoms with van der Waals surface area (Å²) < 4.78 is 0. The maximum atomic E-state index is 12.4. The van der Waals surface area contributed by atoms with Crippen LogP contribution in [-0.2, 0) is 6.54 Å². The highest BCUT2D eigenvalue weighted by atomic mass is 16.1. The van der Waals surface area contributed by atoms with E-state index in [0.717, 1.165) is 23.6 Å². The highest BCUT2D eigenvalue weighted by Gasteiger charge is 2.16. The van der Waals surface area contributed by atoms with Crippen molar-refractivity contribution in [3.8, 4) is 0 Å². The third kappa shape index (κ3) is 4.93. The molecule has 2 aromatic rings. The summed E-state index contributed by atoms with van der Waals surface area (Å²) in [6, 6.07) is 18.1. The van der Waals surface area contributed by atoms with Gasteiger partial charge in [0.05, 0.1) is 6.04 Å². The van der Waals surface area contributed by atoms with Gasteiger partial charge in [0.2, 0.25) is 0 Å². The molecule has 0 aromatic heterocycles. The average Bonchev–Trinajstić information content (AvgIpc) is 2.65. The van der Waals surface area contributed by atoms with Crippen molar-refractivity contribution in [2.45, 2.75) is 39.3 Å². The first-order valence-corrected chi connectivity index (χ1v) is 9.29. The number of benzene rings is 2. The first kappa shape index (κ1) is 17.7. The molecule has 3 heteroatoms. The molecule has 1 aliphatic rings. The molecular weight excluding hydrogens is 308 g/mol. The van der Waals surface area contributed by atoms with E-state index in [2.05, 4.69) is 29.3 Å². The van der Waals surface area contributed by atoms with Crippen LogP contribution in [0.2, 0.25) is 0 Å². The summed E-state index contributed by atoms with van der Waals surface area (Å²) in [5, 5.41) is 3.07. The maximum absolute atomic E-state index is 12.4. The highest BCUT2D eigenvalue weighted by molar-refractivity contribution is 5.94. The van der Waals surface area contributed by atoms with E-state index < -0.39 is 0 Å². The zero-order valence-corrected chi connectivity index (χ0v) is 15.2. The van der Waals surface area contributed by atoms with Gasteiger partial charge in [-0.3, -0.25) is 9.69 Å². The van der Waals surface area contributed by atoms with Crippen LogP contribution in [0.25, 0.3) is 0 Å². The standard InChI is InChI=1S/C22H28N2O/c1-17-12-14-24(15-13-17)16-19-8-10-21(11-9-19)22(25)23-18(2)20-6-4-3-5-7-20/h3-11,17-18H,12-16H2,1-2H3,(H,23,25)/t18-/m0/s1. The smallest absolute Gasteiger partial charge is 0.251 e. The first-order chi connectivity index (χ1) is 12.1. The second-order valence-electron chi connectivity index (χ2n) is 7.26. The lowest BCUT2D eigenvalue weighted by atomic mass is 9.99. The molecule has 1 aliphatic heterocycles. The van der Waals surface area contributed by atoms with Gasteiger partial charge in [-0.15, -0.1) is 0 Å². The number of hydrogen-bond acceptors (Lipinski definition) is 2. The summed E-state index contributed by atoms with van der Waals surface area (Å²) in [6.45, 7) is 7.69. The Bertz CT molecular complexity index is 673. The molecule has 132 valence electrons. The van der Waals surface area contributed by atoms with Crippen LogP contribution in [0, 0.1) is 5.92 Å². The van der Waals surface area contributed by atoms with Crippen LogP contribution in [0.3, 0.4) is 0 Å². The van der Waals surface area contributed by atoms with Gasteiger partial charge >= 0.3 is 0 Å². The van der Waals surface area contributed by atoms with Crippen molar-refractivity contribution in [1.29, 1.82) is 0 Å². The molecule has 25 heavy (non-hydrogen) atoms. The van der Waals surface area contributed by atoms with Gasteiger partial charge in [0.1, 0.15) is 0 Å². The topological polar surface area (TPSA) is 32.3 Å². The lowest BCUT2D eigenvalue weighted by molar-refractivity contribution is 0.0940. The summed E-state index contributed by atoms with van der Waals surface area (Å²) >= 11 is 0. The van der Waals surface area contributed by atoms with Crippen LogP contribution in [0.15, 0.2) is 54.6 Å². The normalized spacial score (nSPS) is 17.2. The molecule has 1 heterocycles. The van der Waals surface area contributed by atoms with E-state index >= 15 is 0 Å². The molecule has 1 amide bonds. The van der Waals surface area contributed by atoms with Crippen LogP contribution >= 0.6 is 0 Å². The zero-order chi connectivity index (χ0) is 17.6. The molecule has 1 atom stereocenters. The zero-order valence-electron chi connectivity index (χ0n) is 15.2. The summed E-state index contributed by atoms with van der Waals surface area (Å²) in [5.74, 6) is 0.837. The highest BCUT2D eigenvalue weighted by Crippen LogP contribution is 2.18. The van der Waals surface area contributed by atoms with Crippen molar-refractivity contribution in [2.24, 2.45) is 5.92 Å². The number of carbonyl (C=O) groups is 1. The SMILES string of the molecule is CC1CCN(Cc2ccc(C(=O)N[C@@H](C)c3ccccc3)cc2)CC1. The van der Waals surface area contributed by atoms with Gasteiger partial charge in [-0.1, -0.05) is 49.4 Å². The van der Waals surface area contributed by atoms with Gasteiger partial charge < -0.3 is 5.32 Å². The minimum atomic E-state index is -0.0188. The lowest BCUT2D eigenvalue weighted by Crippen LogP contribution is -2.32. The van der Waals surface area contributed by atoms with Crippen molar-refractivity contribution in [1.82, 2.24) is 10.2 Å². The summed E-state index contributed by atoms with van der Waals surface area (Å²) in [4.78, 5) is 15.0. The second-order valence-corrected chi connectivity index (χ2v) is 7.26. The number of nitrogens with zero attached hydrogens (tertiary/aromatic N) is 1. The average molecular weight is 336 g/mol. The second kappa shape index (κ2) is 8.30. The minimum Gasteiger partial charge on any atom is -0.346 e. The van der Waals surface area contributed by atoms with Crippen molar-refractivity contribution in [3.63, 3.8) is 0 Å². The molecule has 1 saturated heterocycles. The third-order valence-corrected chi connectivity index (χ3v) is 5.15. The van der Waals surface area contributed by atoms with Crippen molar-refractivity contribution in [2.75, 3.05) is 13.1 Å². The van der Waals surface area contributed by atoms with Gasteiger partial charge in [0.15, 0.2) is 0 Å².